The number of nitrogens with zero attached hydrogens (tertiary/aromatic N) is 3. The molecule has 13 nitrogen and oxygen atoms in total. The third-order valence-corrected chi connectivity index (χ3v) is 8.19. The number of halogens is 1. The van der Waals surface area contributed by atoms with E-state index in [4.69, 9.17) is 18.9 Å². The van der Waals surface area contributed by atoms with Crippen molar-refractivity contribution < 1.29 is 42.8 Å². The van der Waals surface area contributed by atoms with Gasteiger partial charge in [-0.05, 0) is 104 Å². The molecule has 14 heteroatoms. The van der Waals surface area contributed by atoms with Gasteiger partial charge in [0.2, 0.25) is 5.88 Å². The van der Waals surface area contributed by atoms with Gasteiger partial charge < -0.3 is 24.1 Å². The van der Waals surface area contributed by atoms with Crippen molar-refractivity contribution >= 4 is 46.2 Å². The van der Waals surface area contributed by atoms with Crippen LogP contribution >= 0.6 is 0 Å². The van der Waals surface area contributed by atoms with E-state index in [0.717, 1.165) is 0 Å². The Balaban J connectivity index is 1.54. The van der Waals surface area contributed by atoms with Crippen molar-refractivity contribution in [2.75, 3.05) is 28.7 Å². The third-order valence-electron chi connectivity index (χ3n) is 8.19. The standard InChI is InChI=1S/C35H44FN5O8/c1-18-23(16-38-29-28(18)41(10-11-46-29)32(44)49-34(5,6)7)22-12-19-13-25(39-30(42)47-21-14-20(15-21)35(8,9)45)37-17-24(19)27(26(22)36)40-31(43)48-33(2,3)4/h12-13,16-17,20-21,45H,10-11,14-15H2,1-9H3,(H,40,43)(H,37,39,42). The maximum Gasteiger partial charge on any atom is 0.415 e. The van der Waals surface area contributed by atoms with Crippen LogP contribution in [-0.4, -0.2) is 69.4 Å². The molecule has 1 aliphatic carbocycles. The fourth-order valence-corrected chi connectivity index (χ4v) is 5.70. The Hall–Kier alpha value is -4.72. The molecule has 1 aliphatic heterocycles. The van der Waals surface area contributed by atoms with Crippen LogP contribution in [0.2, 0.25) is 0 Å². The molecule has 3 N–H and O–H groups in total. The van der Waals surface area contributed by atoms with Gasteiger partial charge in [0.1, 0.15) is 35.4 Å². The van der Waals surface area contributed by atoms with E-state index in [-0.39, 0.29) is 53.5 Å². The summed E-state index contributed by atoms with van der Waals surface area (Å²) in [6, 6.07) is 3.07. The molecular formula is C35H44FN5O8. The van der Waals surface area contributed by atoms with E-state index in [1.165, 1.54) is 23.4 Å². The predicted molar refractivity (Wildman–Crippen MR) is 182 cm³/mol. The van der Waals surface area contributed by atoms with Gasteiger partial charge in [0, 0.05) is 28.9 Å². The van der Waals surface area contributed by atoms with Gasteiger partial charge in [-0.15, -0.1) is 0 Å². The number of carbonyl (C=O) groups excluding carboxylic acids is 3. The lowest BCUT2D eigenvalue weighted by atomic mass is 9.72. The first-order chi connectivity index (χ1) is 22.7. The average Bonchev–Trinajstić information content (AvgIpc) is 2.93. The van der Waals surface area contributed by atoms with Crippen LogP contribution in [0.25, 0.3) is 21.9 Å². The topological polar surface area (TPSA) is 161 Å². The predicted octanol–water partition coefficient (Wildman–Crippen LogP) is 7.32. The van der Waals surface area contributed by atoms with Crippen LogP contribution in [-0.2, 0) is 14.2 Å². The number of ether oxygens (including phenoxy) is 4. The zero-order valence-corrected chi connectivity index (χ0v) is 29.3. The Kier molecular flexibility index (Phi) is 9.41. The van der Waals surface area contributed by atoms with Crippen LogP contribution < -0.4 is 20.3 Å². The van der Waals surface area contributed by atoms with Gasteiger partial charge in [-0.25, -0.2) is 28.7 Å². The van der Waals surface area contributed by atoms with E-state index >= 15 is 4.39 Å². The normalized spacial score (nSPS) is 17.7. The van der Waals surface area contributed by atoms with Gasteiger partial charge in [0.05, 0.1) is 17.8 Å². The van der Waals surface area contributed by atoms with Gasteiger partial charge in [0.15, 0.2) is 5.82 Å². The molecule has 1 saturated carbocycles. The summed E-state index contributed by atoms with van der Waals surface area (Å²) in [7, 11) is 0. The number of aromatic nitrogens is 2. The molecule has 3 amide bonds. The van der Waals surface area contributed by atoms with Crippen molar-refractivity contribution in [3.8, 4) is 17.0 Å². The first-order valence-electron chi connectivity index (χ1n) is 16.2. The molecule has 0 unspecified atom stereocenters. The highest BCUT2D eigenvalue weighted by Crippen LogP contribution is 2.43. The van der Waals surface area contributed by atoms with E-state index in [1.807, 2.05) is 0 Å². The van der Waals surface area contributed by atoms with Gasteiger partial charge >= 0.3 is 18.3 Å². The Bertz CT molecular complexity index is 1790. The highest BCUT2D eigenvalue weighted by molar-refractivity contribution is 6.05. The summed E-state index contributed by atoms with van der Waals surface area (Å²) in [5.41, 5.74) is -1.49. The van der Waals surface area contributed by atoms with Crippen LogP contribution in [0.4, 0.5) is 36.0 Å². The van der Waals surface area contributed by atoms with Crippen molar-refractivity contribution in [1.29, 1.82) is 0 Å². The number of pyridine rings is 2. The SMILES string of the molecule is Cc1c(-c2cc3cc(NC(=O)OC4CC(C(C)(C)O)C4)ncc3c(NC(=O)OC(C)(C)C)c2F)cnc2c1N(C(=O)OC(C)(C)C)CCO2. The molecule has 3 heterocycles. The van der Waals surface area contributed by atoms with Crippen molar-refractivity contribution in [1.82, 2.24) is 9.97 Å². The Morgan fingerprint density at radius 1 is 0.939 bits per heavy atom. The van der Waals surface area contributed by atoms with Gasteiger partial charge in [-0.1, -0.05) is 0 Å². The second-order valence-corrected chi connectivity index (χ2v) is 14.9. The Morgan fingerprint density at radius 3 is 2.24 bits per heavy atom. The molecule has 0 spiro atoms. The number of amides is 3. The molecule has 1 fully saturated rings. The quantitative estimate of drug-likeness (QED) is 0.233. The fourth-order valence-electron chi connectivity index (χ4n) is 5.70. The molecule has 0 bridgehead atoms. The van der Waals surface area contributed by atoms with Crippen LogP contribution in [0.5, 0.6) is 5.88 Å². The van der Waals surface area contributed by atoms with Gasteiger partial charge in [-0.2, -0.15) is 0 Å². The zero-order valence-electron chi connectivity index (χ0n) is 29.3. The summed E-state index contributed by atoms with van der Waals surface area (Å²) in [6.45, 7) is 15.9. The molecule has 49 heavy (non-hydrogen) atoms. The number of fused-ring (bicyclic) bond motifs is 2. The van der Waals surface area contributed by atoms with E-state index in [0.29, 0.717) is 35.0 Å². The fraction of sp³-hybridized carbons (Fsp3) is 0.514. The first-order valence-corrected chi connectivity index (χ1v) is 16.2. The Labute approximate surface area is 284 Å². The minimum absolute atomic E-state index is 0.0256. The van der Waals surface area contributed by atoms with Gasteiger partial charge in [0.25, 0.3) is 0 Å². The summed E-state index contributed by atoms with van der Waals surface area (Å²) in [5, 5.41) is 16.0. The highest BCUT2D eigenvalue weighted by atomic mass is 19.1. The molecular weight excluding hydrogens is 637 g/mol. The molecule has 0 saturated heterocycles. The second kappa shape index (κ2) is 13.0. The summed E-state index contributed by atoms with van der Waals surface area (Å²) in [6.07, 6.45) is 1.29. The van der Waals surface area contributed by atoms with E-state index in [1.54, 1.807) is 68.4 Å². The molecule has 2 aromatic heterocycles. The third kappa shape index (κ3) is 8.12. The number of hydrogen-bond acceptors (Lipinski definition) is 10. The molecule has 5 rings (SSSR count). The number of aliphatic hydroxyl groups is 1. The number of hydrogen-bond donors (Lipinski definition) is 3. The number of rotatable bonds is 5. The lowest BCUT2D eigenvalue weighted by Crippen LogP contribution is -2.45. The minimum Gasteiger partial charge on any atom is -0.474 e. The monoisotopic (exact) mass is 681 g/mol. The number of anilines is 3. The van der Waals surface area contributed by atoms with Crippen LogP contribution in [0.1, 0.15) is 73.8 Å². The lowest BCUT2D eigenvalue weighted by Gasteiger charge is -2.41. The number of nitrogens with one attached hydrogen (secondary N) is 2. The Morgan fingerprint density at radius 2 is 1.61 bits per heavy atom. The first kappa shape index (κ1) is 35.6. The van der Waals surface area contributed by atoms with E-state index in [2.05, 4.69) is 20.6 Å². The number of benzene rings is 1. The summed E-state index contributed by atoms with van der Waals surface area (Å²) in [4.78, 5) is 48.9. The van der Waals surface area contributed by atoms with Crippen LogP contribution in [0.15, 0.2) is 24.5 Å². The molecule has 264 valence electrons. The summed E-state index contributed by atoms with van der Waals surface area (Å²) < 4.78 is 38.9. The molecule has 0 radical (unpaired) electrons. The smallest absolute Gasteiger partial charge is 0.415 e. The van der Waals surface area contributed by atoms with Crippen LogP contribution in [0, 0.1) is 18.7 Å². The molecule has 3 aromatic rings. The van der Waals surface area contributed by atoms with Crippen molar-refractivity contribution in [3.05, 3.63) is 35.9 Å². The lowest BCUT2D eigenvalue weighted by molar-refractivity contribution is -0.0776. The maximum absolute atomic E-state index is 16.6. The molecule has 0 atom stereocenters. The van der Waals surface area contributed by atoms with Gasteiger partial charge in [-0.3, -0.25) is 15.5 Å². The largest absolute Gasteiger partial charge is 0.474 e. The molecule has 2 aliphatic rings. The zero-order chi connectivity index (χ0) is 36.1. The summed E-state index contributed by atoms with van der Waals surface area (Å²) >= 11 is 0. The second-order valence-electron chi connectivity index (χ2n) is 14.9. The summed E-state index contributed by atoms with van der Waals surface area (Å²) in [5.74, 6) is -0.447. The highest BCUT2D eigenvalue weighted by Gasteiger charge is 2.41. The average molecular weight is 682 g/mol. The van der Waals surface area contributed by atoms with Crippen molar-refractivity contribution in [3.63, 3.8) is 0 Å². The number of carbonyl (C=O) groups is 3. The molecule has 1 aromatic carbocycles. The van der Waals surface area contributed by atoms with E-state index in [9.17, 15) is 19.5 Å². The van der Waals surface area contributed by atoms with E-state index < -0.39 is 40.9 Å². The van der Waals surface area contributed by atoms with Crippen LogP contribution in [0.3, 0.4) is 0 Å². The van der Waals surface area contributed by atoms with Crippen molar-refractivity contribution in [2.45, 2.75) is 98.1 Å². The van der Waals surface area contributed by atoms with Crippen molar-refractivity contribution in [2.24, 2.45) is 5.92 Å². The maximum atomic E-state index is 16.6. The minimum atomic E-state index is -0.884.